The summed E-state index contributed by atoms with van der Waals surface area (Å²) < 4.78 is 17.4. The molecule has 0 atom stereocenters. The van der Waals surface area contributed by atoms with E-state index in [1.165, 1.54) is 34.7 Å². The maximum absolute atomic E-state index is 12.4. The normalized spacial score (nSPS) is 12.7. The second-order valence-electron chi connectivity index (χ2n) is 2.89. The monoisotopic (exact) mass is 335 g/mol. The van der Waals surface area contributed by atoms with Gasteiger partial charge in [-0.3, -0.25) is 0 Å². The van der Waals surface area contributed by atoms with Crippen LogP contribution in [-0.2, 0) is 0 Å². The van der Waals surface area contributed by atoms with Gasteiger partial charge in [-0.2, -0.15) is 4.39 Å². The largest absolute Gasteiger partial charge is 0.508 e. The average molecular weight is 335 g/mol. The van der Waals surface area contributed by atoms with Crippen molar-refractivity contribution in [1.29, 1.82) is 0 Å². The Morgan fingerprint density at radius 2 is 2.12 bits per heavy atom. The molecular weight excluding hydrogens is 324 g/mol. The minimum absolute atomic E-state index is 0.167. The molecule has 0 fully saturated rings. The molecule has 0 radical (unpaired) electrons. The van der Waals surface area contributed by atoms with Gasteiger partial charge in [0.15, 0.2) is 9.73 Å². The van der Waals surface area contributed by atoms with Gasteiger partial charge < -0.3 is 9.84 Å². The summed E-state index contributed by atoms with van der Waals surface area (Å²) in [5, 5.41) is 9.08. The summed E-state index contributed by atoms with van der Waals surface area (Å²) >= 11 is 1.53. The van der Waals surface area contributed by atoms with Gasteiger partial charge >= 0.3 is 0 Å². The topological polar surface area (TPSA) is 41.8 Å². The van der Waals surface area contributed by atoms with E-state index >= 15 is 0 Å². The molecule has 5 heteroatoms. The van der Waals surface area contributed by atoms with E-state index in [0.717, 1.165) is 6.20 Å². The molecule has 0 aromatic heterocycles. The number of aromatic hydroxyl groups is 1. The Kier molecular flexibility index (Phi) is 5.24. The predicted octanol–water partition coefficient (Wildman–Crippen LogP) is 3.78. The number of halogens is 2. The van der Waals surface area contributed by atoms with Crippen molar-refractivity contribution in [1.82, 2.24) is 0 Å². The molecule has 1 aromatic rings. The van der Waals surface area contributed by atoms with Crippen molar-refractivity contribution in [3.05, 3.63) is 34.3 Å². The molecule has 0 heterocycles. The fraction of sp³-hybridized carbons (Fsp3) is 0.182. The quantitative estimate of drug-likeness (QED) is 0.519. The summed E-state index contributed by atoms with van der Waals surface area (Å²) in [6, 6.07) is 6.25. The Labute approximate surface area is 107 Å². The standard InChI is InChI=1S/C11H11FINO2/c1-2-11(14-7-10(12)13)16-9-5-3-8(15)4-6-9/h3-7,15H,2H2,1H3/b10-7-,14-11?. The van der Waals surface area contributed by atoms with Gasteiger partial charge in [-0.25, -0.2) is 4.99 Å². The van der Waals surface area contributed by atoms with Gasteiger partial charge in [-0.15, -0.1) is 0 Å². The Bertz CT molecular complexity index is 397. The van der Waals surface area contributed by atoms with Crippen molar-refractivity contribution in [2.45, 2.75) is 13.3 Å². The average Bonchev–Trinajstić information content (AvgIpc) is 2.26. The zero-order valence-electron chi connectivity index (χ0n) is 8.65. The first-order valence-corrected chi connectivity index (χ1v) is 5.74. The van der Waals surface area contributed by atoms with E-state index < -0.39 is 3.83 Å². The molecule has 16 heavy (non-hydrogen) atoms. The zero-order valence-corrected chi connectivity index (χ0v) is 10.8. The van der Waals surface area contributed by atoms with Crippen LogP contribution in [-0.4, -0.2) is 11.0 Å². The number of phenols is 1. The first-order chi connectivity index (χ1) is 7.61. The third kappa shape index (κ3) is 4.61. The Balaban J connectivity index is 2.74. The highest BCUT2D eigenvalue weighted by molar-refractivity contribution is 14.1. The van der Waals surface area contributed by atoms with Gasteiger partial charge in [0.1, 0.15) is 11.5 Å². The highest BCUT2D eigenvalue weighted by Gasteiger charge is 1.99. The van der Waals surface area contributed by atoms with Crippen molar-refractivity contribution in [3.8, 4) is 11.5 Å². The molecule has 1 aromatic carbocycles. The van der Waals surface area contributed by atoms with Gasteiger partial charge in [0.05, 0.1) is 6.20 Å². The second-order valence-corrected chi connectivity index (χ2v) is 3.92. The maximum atomic E-state index is 12.4. The van der Waals surface area contributed by atoms with E-state index in [4.69, 9.17) is 9.84 Å². The number of benzene rings is 1. The van der Waals surface area contributed by atoms with Crippen LogP contribution in [0, 0.1) is 0 Å². The molecule has 0 aliphatic heterocycles. The van der Waals surface area contributed by atoms with Gasteiger partial charge in [-0.1, -0.05) is 6.92 Å². The summed E-state index contributed by atoms with van der Waals surface area (Å²) in [7, 11) is 0. The van der Waals surface area contributed by atoms with E-state index in [9.17, 15) is 4.39 Å². The van der Waals surface area contributed by atoms with Crippen molar-refractivity contribution < 1.29 is 14.2 Å². The van der Waals surface area contributed by atoms with E-state index in [0.29, 0.717) is 18.1 Å². The molecule has 1 rings (SSSR count). The third-order valence-corrected chi connectivity index (χ3v) is 1.96. The molecule has 3 nitrogen and oxygen atoms in total. The van der Waals surface area contributed by atoms with Gasteiger partial charge in [0.2, 0.25) is 0 Å². The lowest BCUT2D eigenvalue weighted by molar-refractivity contribution is 0.472. The fourth-order valence-corrected chi connectivity index (χ4v) is 1.10. The first kappa shape index (κ1) is 13.0. The first-order valence-electron chi connectivity index (χ1n) is 4.66. The van der Waals surface area contributed by atoms with E-state index in [1.54, 1.807) is 12.1 Å². The van der Waals surface area contributed by atoms with E-state index in [2.05, 4.69) is 4.99 Å². The molecule has 0 saturated heterocycles. The number of ether oxygens (including phenoxy) is 1. The van der Waals surface area contributed by atoms with Crippen molar-refractivity contribution in [2.75, 3.05) is 0 Å². The van der Waals surface area contributed by atoms with Crippen LogP contribution < -0.4 is 4.74 Å². The van der Waals surface area contributed by atoms with Crippen molar-refractivity contribution in [2.24, 2.45) is 4.99 Å². The number of hydrogen-bond acceptors (Lipinski definition) is 3. The van der Waals surface area contributed by atoms with Crippen molar-refractivity contribution >= 4 is 28.5 Å². The van der Waals surface area contributed by atoms with Crippen LogP contribution in [0.15, 0.2) is 39.3 Å². The lowest BCUT2D eigenvalue weighted by Gasteiger charge is -2.05. The predicted molar refractivity (Wildman–Crippen MR) is 69.7 cm³/mol. The fourth-order valence-electron chi connectivity index (χ4n) is 0.961. The van der Waals surface area contributed by atoms with Crippen LogP contribution in [0.2, 0.25) is 0 Å². The number of phenolic OH excluding ortho intramolecular Hbond substituents is 1. The molecule has 0 aliphatic rings. The number of nitrogens with zero attached hydrogens (tertiary/aromatic N) is 1. The van der Waals surface area contributed by atoms with Crippen LogP contribution >= 0.6 is 22.6 Å². The van der Waals surface area contributed by atoms with Crippen LogP contribution in [0.5, 0.6) is 11.5 Å². The van der Waals surface area contributed by atoms with Gasteiger partial charge in [0.25, 0.3) is 0 Å². The molecule has 0 aliphatic carbocycles. The van der Waals surface area contributed by atoms with E-state index in [-0.39, 0.29) is 5.75 Å². The van der Waals surface area contributed by atoms with Crippen LogP contribution in [0.25, 0.3) is 0 Å². The molecule has 0 unspecified atom stereocenters. The zero-order chi connectivity index (χ0) is 12.0. The summed E-state index contributed by atoms with van der Waals surface area (Å²) in [6.45, 7) is 1.86. The molecule has 86 valence electrons. The Morgan fingerprint density at radius 1 is 1.50 bits per heavy atom. The Morgan fingerprint density at radius 3 is 2.62 bits per heavy atom. The van der Waals surface area contributed by atoms with Gasteiger partial charge in [0, 0.05) is 6.42 Å². The second kappa shape index (κ2) is 6.47. The minimum atomic E-state index is -0.405. The minimum Gasteiger partial charge on any atom is -0.508 e. The van der Waals surface area contributed by atoms with Crippen molar-refractivity contribution in [3.63, 3.8) is 0 Å². The lowest BCUT2D eigenvalue weighted by Crippen LogP contribution is -2.05. The van der Waals surface area contributed by atoms with Crippen LogP contribution in [0.3, 0.4) is 0 Å². The molecule has 1 N–H and O–H groups in total. The molecule has 0 saturated carbocycles. The Hall–Kier alpha value is -1.11. The molecule has 0 amide bonds. The van der Waals surface area contributed by atoms with Gasteiger partial charge in [-0.05, 0) is 46.9 Å². The molecule has 0 spiro atoms. The maximum Gasteiger partial charge on any atom is 0.194 e. The van der Waals surface area contributed by atoms with E-state index in [1.807, 2.05) is 6.92 Å². The number of hydrogen-bond donors (Lipinski definition) is 1. The molecular formula is C11H11FINO2. The third-order valence-electron chi connectivity index (χ3n) is 1.68. The number of rotatable bonds is 3. The number of aliphatic imine (C=N–C) groups is 1. The van der Waals surface area contributed by atoms with Crippen LogP contribution in [0.1, 0.15) is 13.3 Å². The summed E-state index contributed by atoms with van der Waals surface area (Å²) in [4.78, 5) is 3.85. The highest BCUT2D eigenvalue weighted by atomic mass is 127. The molecule has 0 bridgehead atoms. The summed E-state index contributed by atoms with van der Waals surface area (Å²) in [6.07, 6.45) is 1.65. The highest BCUT2D eigenvalue weighted by Crippen LogP contribution is 2.17. The van der Waals surface area contributed by atoms with Crippen LogP contribution in [0.4, 0.5) is 4.39 Å². The SMILES string of the molecule is CCC(=N/C=C(/F)I)Oc1ccc(O)cc1. The summed E-state index contributed by atoms with van der Waals surface area (Å²) in [5.41, 5.74) is 0. The summed E-state index contributed by atoms with van der Waals surface area (Å²) in [5.74, 6) is 1.14. The smallest absolute Gasteiger partial charge is 0.194 e. The lowest BCUT2D eigenvalue weighted by atomic mass is 10.3.